The summed E-state index contributed by atoms with van der Waals surface area (Å²) in [5.74, 6) is 0.513. The van der Waals surface area contributed by atoms with Crippen LogP contribution in [0, 0.1) is 0 Å². The number of hydrogen-bond acceptors (Lipinski definition) is 1. The summed E-state index contributed by atoms with van der Waals surface area (Å²) in [6.45, 7) is 4.40. The number of nitrogens with zero attached hydrogens (tertiary/aromatic N) is 1. The van der Waals surface area contributed by atoms with Gasteiger partial charge in [-0.3, -0.25) is 0 Å². The Morgan fingerprint density at radius 1 is 0.583 bits per heavy atom. The van der Waals surface area contributed by atoms with Crippen LogP contribution in [0.3, 0.4) is 0 Å². The van der Waals surface area contributed by atoms with Crippen LogP contribution in [0.2, 0.25) is 10.0 Å². The number of hydrogen-bond donors (Lipinski definition) is 0. The van der Waals surface area contributed by atoms with Crippen LogP contribution in [0.1, 0.15) is 25.3 Å². The van der Waals surface area contributed by atoms with E-state index in [1.54, 1.807) is 0 Å². The number of rotatable bonds is 4. The highest BCUT2D eigenvalue weighted by Gasteiger charge is 2.12. The zero-order chi connectivity index (χ0) is 17.1. The Morgan fingerprint density at radius 2 is 0.917 bits per heavy atom. The van der Waals surface area contributed by atoms with Crippen molar-refractivity contribution in [2.45, 2.75) is 19.8 Å². The summed E-state index contributed by atoms with van der Waals surface area (Å²) >= 11 is 12.1. The van der Waals surface area contributed by atoms with E-state index < -0.39 is 0 Å². The van der Waals surface area contributed by atoms with Gasteiger partial charge >= 0.3 is 0 Å². The molecular formula is C21H19Cl2N. The Labute approximate surface area is 153 Å². The van der Waals surface area contributed by atoms with Gasteiger partial charge in [0.05, 0.1) is 0 Å². The molecule has 0 aliphatic carbocycles. The summed E-state index contributed by atoms with van der Waals surface area (Å²) in [6, 6.07) is 24.4. The third-order valence-corrected chi connectivity index (χ3v) is 4.49. The number of halogens is 2. The third-order valence-electron chi connectivity index (χ3n) is 3.99. The fourth-order valence-corrected chi connectivity index (χ4v) is 2.89. The topological polar surface area (TPSA) is 3.24 Å². The highest BCUT2D eigenvalue weighted by Crippen LogP contribution is 2.36. The second kappa shape index (κ2) is 7.29. The van der Waals surface area contributed by atoms with Crippen molar-refractivity contribution < 1.29 is 0 Å². The second-order valence-corrected chi connectivity index (χ2v) is 6.91. The average Bonchev–Trinajstić information content (AvgIpc) is 2.59. The lowest BCUT2D eigenvalue weighted by Crippen LogP contribution is -2.09. The lowest BCUT2D eigenvalue weighted by atomic mass is 10.0. The average molecular weight is 356 g/mol. The summed E-state index contributed by atoms with van der Waals surface area (Å²) in [5, 5.41) is 1.45. The molecule has 24 heavy (non-hydrogen) atoms. The SMILES string of the molecule is CC(C)c1ccc(N(c2ccc(Cl)cc2)c2ccc(Cl)cc2)cc1. The second-order valence-electron chi connectivity index (χ2n) is 6.03. The first-order valence-electron chi connectivity index (χ1n) is 7.96. The van der Waals surface area contributed by atoms with Crippen LogP contribution in [-0.4, -0.2) is 0 Å². The third kappa shape index (κ3) is 3.75. The lowest BCUT2D eigenvalue weighted by molar-refractivity contribution is 0.866. The number of benzene rings is 3. The maximum absolute atomic E-state index is 6.05. The Kier molecular flexibility index (Phi) is 5.13. The summed E-state index contributed by atoms with van der Waals surface area (Å²) in [7, 11) is 0. The summed E-state index contributed by atoms with van der Waals surface area (Å²) in [5.41, 5.74) is 4.54. The van der Waals surface area contributed by atoms with Crippen LogP contribution in [0.5, 0.6) is 0 Å². The van der Waals surface area contributed by atoms with Crippen molar-refractivity contribution in [1.82, 2.24) is 0 Å². The van der Waals surface area contributed by atoms with Crippen LogP contribution in [0.15, 0.2) is 72.8 Å². The standard InChI is InChI=1S/C21H19Cl2N/c1-15(2)16-3-9-19(10-4-16)24(20-11-5-17(22)6-12-20)21-13-7-18(23)8-14-21/h3-15H,1-2H3. The molecule has 3 aromatic carbocycles. The summed E-state index contributed by atoms with van der Waals surface area (Å²) in [4.78, 5) is 2.19. The van der Waals surface area contributed by atoms with Gasteiger partial charge in [0.25, 0.3) is 0 Å². The van der Waals surface area contributed by atoms with Crippen LogP contribution in [0.25, 0.3) is 0 Å². The quantitative estimate of drug-likeness (QED) is 0.465. The van der Waals surface area contributed by atoms with Gasteiger partial charge in [-0.1, -0.05) is 49.2 Å². The maximum Gasteiger partial charge on any atom is 0.0462 e. The molecule has 3 heteroatoms. The molecule has 0 spiro atoms. The molecule has 0 radical (unpaired) electrons. The lowest BCUT2D eigenvalue weighted by Gasteiger charge is -2.26. The molecule has 1 nitrogen and oxygen atoms in total. The van der Waals surface area contributed by atoms with Crippen molar-refractivity contribution in [3.8, 4) is 0 Å². The first-order valence-corrected chi connectivity index (χ1v) is 8.71. The van der Waals surface area contributed by atoms with E-state index in [1.807, 2.05) is 48.5 Å². The molecule has 0 aromatic heterocycles. The minimum atomic E-state index is 0.513. The molecule has 0 heterocycles. The molecule has 0 amide bonds. The van der Waals surface area contributed by atoms with Gasteiger partial charge < -0.3 is 4.90 Å². The van der Waals surface area contributed by atoms with E-state index in [0.29, 0.717) is 5.92 Å². The van der Waals surface area contributed by atoms with Gasteiger partial charge in [0.2, 0.25) is 0 Å². The van der Waals surface area contributed by atoms with Crippen LogP contribution in [0.4, 0.5) is 17.1 Å². The molecule has 0 atom stereocenters. The predicted octanol–water partition coefficient (Wildman–Crippen LogP) is 7.59. The van der Waals surface area contributed by atoms with E-state index in [4.69, 9.17) is 23.2 Å². The predicted molar refractivity (Wildman–Crippen MR) is 105 cm³/mol. The molecule has 0 saturated heterocycles. The van der Waals surface area contributed by atoms with Gasteiger partial charge in [-0.15, -0.1) is 0 Å². The largest absolute Gasteiger partial charge is 0.311 e. The Bertz CT molecular complexity index is 745. The van der Waals surface area contributed by atoms with Gasteiger partial charge in [-0.2, -0.15) is 0 Å². The van der Waals surface area contributed by atoms with Gasteiger partial charge in [0, 0.05) is 27.1 Å². The van der Waals surface area contributed by atoms with Crippen LogP contribution >= 0.6 is 23.2 Å². The minimum Gasteiger partial charge on any atom is -0.311 e. The molecule has 3 aromatic rings. The van der Waals surface area contributed by atoms with Crippen LogP contribution < -0.4 is 4.90 Å². The van der Waals surface area contributed by atoms with E-state index in [0.717, 1.165) is 27.1 Å². The molecular weight excluding hydrogens is 337 g/mol. The van der Waals surface area contributed by atoms with E-state index >= 15 is 0 Å². The molecule has 0 saturated carbocycles. The Hall–Kier alpha value is -1.96. The summed E-state index contributed by atoms with van der Waals surface area (Å²) < 4.78 is 0. The van der Waals surface area contributed by atoms with Crippen molar-refractivity contribution >= 4 is 40.3 Å². The molecule has 0 N–H and O–H groups in total. The van der Waals surface area contributed by atoms with Crippen molar-refractivity contribution in [2.24, 2.45) is 0 Å². The fraction of sp³-hybridized carbons (Fsp3) is 0.143. The van der Waals surface area contributed by atoms with Crippen molar-refractivity contribution in [3.63, 3.8) is 0 Å². The zero-order valence-corrected chi connectivity index (χ0v) is 15.2. The molecule has 0 aliphatic rings. The molecule has 0 bridgehead atoms. The Morgan fingerprint density at radius 3 is 1.25 bits per heavy atom. The maximum atomic E-state index is 6.05. The van der Waals surface area contributed by atoms with Crippen molar-refractivity contribution in [2.75, 3.05) is 4.90 Å². The highest BCUT2D eigenvalue weighted by atomic mass is 35.5. The molecule has 0 aliphatic heterocycles. The summed E-state index contributed by atoms with van der Waals surface area (Å²) in [6.07, 6.45) is 0. The monoisotopic (exact) mass is 355 g/mol. The van der Waals surface area contributed by atoms with E-state index in [9.17, 15) is 0 Å². The molecule has 122 valence electrons. The van der Waals surface area contributed by atoms with Gasteiger partial charge in [0.1, 0.15) is 0 Å². The molecule has 3 rings (SSSR count). The number of anilines is 3. The molecule has 0 fully saturated rings. The van der Waals surface area contributed by atoms with Gasteiger partial charge in [-0.05, 0) is 72.1 Å². The minimum absolute atomic E-state index is 0.513. The highest BCUT2D eigenvalue weighted by molar-refractivity contribution is 6.31. The van der Waals surface area contributed by atoms with E-state index in [1.165, 1.54) is 5.56 Å². The fourth-order valence-electron chi connectivity index (χ4n) is 2.64. The van der Waals surface area contributed by atoms with Crippen LogP contribution in [-0.2, 0) is 0 Å². The molecule has 0 unspecified atom stereocenters. The van der Waals surface area contributed by atoms with Gasteiger partial charge in [0.15, 0.2) is 0 Å². The van der Waals surface area contributed by atoms with E-state index in [-0.39, 0.29) is 0 Å². The Balaban J connectivity index is 2.07. The smallest absolute Gasteiger partial charge is 0.0462 e. The first-order chi connectivity index (χ1) is 11.5. The zero-order valence-electron chi connectivity index (χ0n) is 13.7. The van der Waals surface area contributed by atoms with Crippen molar-refractivity contribution in [1.29, 1.82) is 0 Å². The van der Waals surface area contributed by atoms with Crippen molar-refractivity contribution in [3.05, 3.63) is 88.4 Å². The first kappa shape index (κ1) is 16.9. The normalized spacial score (nSPS) is 10.9. The van der Waals surface area contributed by atoms with Gasteiger partial charge in [-0.25, -0.2) is 0 Å². The van der Waals surface area contributed by atoms with E-state index in [2.05, 4.69) is 43.0 Å².